The quantitative estimate of drug-likeness (QED) is 0.715. The van der Waals surface area contributed by atoms with Gasteiger partial charge in [0.2, 0.25) is 0 Å². The lowest BCUT2D eigenvalue weighted by atomic mass is 9.87. The molecule has 4 nitrogen and oxygen atoms in total. The zero-order valence-corrected chi connectivity index (χ0v) is 18.1. The van der Waals surface area contributed by atoms with Crippen molar-refractivity contribution in [2.75, 3.05) is 18.4 Å². The number of halogens is 3. The van der Waals surface area contributed by atoms with Gasteiger partial charge in [0, 0.05) is 25.3 Å². The molecule has 1 aliphatic rings. The summed E-state index contributed by atoms with van der Waals surface area (Å²) >= 11 is 0. The van der Waals surface area contributed by atoms with Crippen LogP contribution in [0.1, 0.15) is 50.3 Å². The molecule has 2 aromatic carbocycles. The Balaban J connectivity index is 1.60. The maximum absolute atomic E-state index is 13.2. The number of hydrogen-bond donors (Lipinski definition) is 2. The molecule has 0 aliphatic carbocycles. The molecule has 1 heterocycles. The molecule has 1 aliphatic heterocycles. The summed E-state index contributed by atoms with van der Waals surface area (Å²) in [5.74, 6) is -0.480. The summed E-state index contributed by atoms with van der Waals surface area (Å²) in [5, 5.41) is 13.6. The Morgan fingerprint density at radius 1 is 1.03 bits per heavy atom. The number of alkyl halides is 3. The highest BCUT2D eigenvalue weighted by Gasteiger charge is 2.40. The molecule has 1 saturated heterocycles. The van der Waals surface area contributed by atoms with Crippen molar-refractivity contribution in [2.24, 2.45) is 0 Å². The highest BCUT2D eigenvalue weighted by Crippen LogP contribution is 2.33. The van der Waals surface area contributed by atoms with Crippen LogP contribution in [0.15, 0.2) is 48.5 Å². The van der Waals surface area contributed by atoms with Crippen molar-refractivity contribution in [1.82, 2.24) is 4.90 Å². The molecule has 1 amide bonds. The second kappa shape index (κ2) is 8.63. The average Bonchev–Trinajstić information content (AvgIpc) is 2.69. The number of benzene rings is 2. The van der Waals surface area contributed by atoms with E-state index in [-0.39, 0.29) is 30.4 Å². The van der Waals surface area contributed by atoms with Crippen LogP contribution in [0, 0.1) is 0 Å². The Morgan fingerprint density at radius 3 is 2.16 bits per heavy atom. The summed E-state index contributed by atoms with van der Waals surface area (Å²) in [7, 11) is 0. The van der Waals surface area contributed by atoms with Crippen LogP contribution in [-0.2, 0) is 22.9 Å². The summed E-state index contributed by atoms with van der Waals surface area (Å²) in [6, 6.07) is 13.0. The van der Waals surface area contributed by atoms with Crippen LogP contribution in [-0.4, -0.2) is 34.6 Å². The van der Waals surface area contributed by atoms with E-state index >= 15 is 0 Å². The Labute approximate surface area is 181 Å². The molecule has 0 saturated carbocycles. The fourth-order valence-electron chi connectivity index (χ4n) is 3.78. The van der Waals surface area contributed by atoms with Crippen LogP contribution in [0.2, 0.25) is 0 Å². The van der Waals surface area contributed by atoms with E-state index < -0.39 is 23.2 Å². The van der Waals surface area contributed by atoms with E-state index in [4.69, 9.17) is 0 Å². The molecule has 2 N–H and O–H groups in total. The van der Waals surface area contributed by atoms with Gasteiger partial charge in [-0.2, -0.15) is 13.2 Å². The van der Waals surface area contributed by atoms with Crippen molar-refractivity contribution < 1.29 is 23.1 Å². The first-order valence-corrected chi connectivity index (χ1v) is 10.4. The molecule has 0 spiro atoms. The molecule has 0 radical (unpaired) electrons. The molecule has 0 aromatic heterocycles. The summed E-state index contributed by atoms with van der Waals surface area (Å²) < 4.78 is 39.7. The molecule has 0 atom stereocenters. The number of hydrogen-bond acceptors (Lipinski definition) is 3. The third kappa shape index (κ3) is 5.66. The van der Waals surface area contributed by atoms with Crippen LogP contribution in [0.5, 0.6) is 0 Å². The molecule has 0 unspecified atom stereocenters. The maximum atomic E-state index is 13.2. The first-order chi connectivity index (χ1) is 14.4. The number of nitrogens with zero attached hydrogens (tertiary/aromatic N) is 1. The zero-order valence-electron chi connectivity index (χ0n) is 18.1. The van der Waals surface area contributed by atoms with Gasteiger partial charge < -0.3 is 10.4 Å². The molecular weight excluding hydrogens is 405 g/mol. The highest BCUT2D eigenvalue weighted by molar-refractivity contribution is 5.97. The smallest absolute Gasteiger partial charge is 0.380 e. The second-order valence-electron chi connectivity index (χ2n) is 9.24. The number of carbonyl (C=O) groups is 1. The number of likely N-dealkylation sites (tertiary alicyclic amines) is 1. The molecular formula is C24H29F3N2O2. The largest absolute Gasteiger partial charge is 0.416 e. The van der Waals surface area contributed by atoms with E-state index in [1.54, 1.807) is 6.07 Å². The Hall–Kier alpha value is -2.38. The minimum Gasteiger partial charge on any atom is -0.380 e. The lowest BCUT2D eigenvalue weighted by Gasteiger charge is -2.37. The molecule has 1 fully saturated rings. The normalized spacial score (nSPS) is 17.4. The van der Waals surface area contributed by atoms with Crippen LogP contribution < -0.4 is 5.32 Å². The molecule has 31 heavy (non-hydrogen) atoms. The van der Waals surface area contributed by atoms with Gasteiger partial charge in [-0.15, -0.1) is 0 Å². The molecule has 168 valence electrons. The van der Waals surface area contributed by atoms with Gasteiger partial charge in [-0.3, -0.25) is 9.69 Å². The summed E-state index contributed by atoms with van der Waals surface area (Å²) in [4.78, 5) is 14.5. The van der Waals surface area contributed by atoms with Gasteiger partial charge in [0.25, 0.3) is 5.91 Å². The SMILES string of the molecule is CC(C)(C)c1ccc(NC(=O)C2(O)CCN(Cc3ccccc3C(F)(F)F)CC2)cc1. The van der Waals surface area contributed by atoms with Gasteiger partial charge in [0.05, 0.1) is 5.56 Å². The third-order valence-electron chi connectivity index (χ3n) is 5.83. The van der Waals surface area contributed by atoms with Crippen LogP contribution >= 0.6 is 0 Å². The fraction of sp³-hybridized carbons (Fsp3) is 0.458. The number of piperidine rings is 1. The standard InChI is InChI=1S/C24H29F3N2O2/c1-22(2,3)18-8-10-19(11-9-18)28-21(30)23(31)12-14-29(15-13-23)16-17-6-4-5-7-20(17)24(25,26)27/h4-11,31H,12-16H2,1-3H3,(H,28,30). The van der Waals surface area contributed by atoms with Crippen molar-refractivity contribution in [2.45, 2.75) is 57.3 Å². The number of anilines is 1. The lowest BCUT2D eigenvalue weighted by Crippen LogP contribution is -2.51. The van der Waals surface area contributed by atoms with E-state index in [2.05, 4.69) is 26.1 Å². The lowest BCUT2D eigenvalue weighted by molar-refractivity contribution is -0.139. The van der Waals surface area contributed by atoms with E-state index in [1.807, 2.05) is 29.2 Å². The predicted octanol–water partition coefficient (Wildman–Crippen LogP) is 4.97. The van der Waals surface area contributed by atoms with E-state index in [0.717, 1.165) is 11.6 Å². The average molecular weight is 435 g/mol. The summed E-state index contributed by atoms with van der Waals surface area (Å²) in [6.07, 6.45) is -4.09. The predicted molar refractivity (Wildman–Crippen MR) is 115 cm³/mol. The number of rotatable bonds is 4. The van der Waals surface area contributed by atoms with Gasteiger partial charge in [-0.1, -0.05) is 51.1 Å². The number of carbonyl (C=O) groups excluding carboxylic acids is 1. The summed E-state index contributed by atoms with van der Waals surface area (Å²) in [6.45, 7) is 7.10. The van der Waals surface area contributed by atoms with Gasteiger partial charge in [-0.25, -0.2) is 0 Å². The van der Waals surface area contributed by atoms with Crippen molar-refractivity contribution >= 4 is 11.6 Å². The summed E-state index contributed by atoms with van der Waals surface area (Å²) in [5.41, 5.74) is -0.248. The molecule has 7 heteroatoms. The van der Waals surface area contributed by atoms with Gasteiger partial charge in [0.1, 0.15) is 5.60 Å². The molecule has 0 bridgehead atoms. The van der Waals surface area contributed by atoms with E-state index in [0.29, 0.717) is 18.8 Å². The first kappa shape index (κ1) is 23.3. The van der Waals surface area contributed by atoms with Crippen molar-refractivity contribution in [3.8, 4) is 0 Å². The second-order valence-corrected chi connectivity index (χ2v) is 9.24. The molecule has 2 aromatic rings. The Bertz CT molecular complexity index is 910. The number of amides is 1. The Kier molecular flexibility index (Phi) is 6.48. The van der Waals surface area contributed by atoms with Gasteiger partial charge >= 0.3 is 6.18 Å². The zero-order chi connectivity index (χ0) is 22.9. The number of nitrogens with one attached hydrogen (secondary N) is 1. The fourth-order valence-corrected chi connectivity index (χ4v) is 3.78. The topological polar surface area (TPSA) is 52.6 Å². The van der Waals surface area contributed by atoms with Gasteiger partial charge in [0.15, 0.2) is 0 Å². The minimum absolute atomic E-state index is 0.00168. The van der Waals surface area contributed by atoms with Crippen LogP contribution in [0.25, 0.3) is 0 Å². The van der Waals surface area contributed by atoms with Crippen molar-refractivity contribution in [3.05, 3.63) is 65.2 Å². The first-order valence-electron chi connectivity index (χ1n) is 10.4. The van der Waals surface area contributed by atoms with E-state index in [9.17, 15) is 23.1 Å². The van der Waals surface area contributed by atoms with Crippen molar-refractivity contribution in [1.29, 1.82) is 0 Å². The van der Waals surface area contributed by atoms with E-state index in [1.165, 1.54) is 12.1 Å². The van der Waals surface area contributed by atoms with Crippen molar-refractivity contribution in [3.63, 3.8) is 0 Å². The van der Waals surface area contributed by atoms with Crippen LogP contribution in [0.3, 0.4) is 0 Å². The van der Waals surface area contributed by atoms with Gasteiger partial charge in [-0.05, 0) is 47.6 Å². The van der Waals surface area contributed by atoms with Crippen LogP contribution in [0.4, 0.5) is 18.9 Å². The minimum atomic E-state index is -4.41. The monoisotopic (exact) mass is 434 g/mol. The number of aliphatic hydroxyl groups is 1. The molecule has 3 rings (SSSR count). The highest BCUT2D eigenvalue weighted by atomic mass is 19.4. The maximum Gasteiger partial charge on any atom is 0.416 e. The third-order valence-corrected chi connectivity index (χ3v) is 5.83. The Morgan fingerprint density at radius 2 is 1.61 bits per heavy atom.